The number of halogens is 4. The number of amides is 1. The van der Waals surface area contributed by atoms with Crippen molar-refractivity contribution in [3.63, 3.8) is 0 Å². The van der Waals surface area contributed by atoms with Gasteiger partial charge in [-0.05, 0) is 166 Å². The molecule has 0 radical (unpaired) electrons. The predicted octanol–water partition coefficient (Wildman–Crippen LogP) is 9.28. The third kappa shape index (κ3) is 14.2. The summed E-state index contributed by atoms with van der Waals surface area (Å²) in [5, 5.41) is 7.28. The van der Waals surface area contributed by atoms with Crippen LogP contribution in [0.2, 0.25) is 5.02 Å². The molecule has 412 valence electrons. The van der Waals surface area contributed by atoms with Gasteiger partial charge < -0.3 is 25.2 Å². The Labute approximate surface area is 456 Å². The van der Waals surface area contributed by atoms with Crippen LogP contribution in [0.5, 0.6) is 0 Å². The normalized spacial score (nSPS) is 21.9. The van der Waals surface area contributed by atoms with E-state index in [9.17, 15) is 34.8 Å². The fourth-order valence-corrected chi connectivity index (χ4v) is 14.9. The van der Waals surface area contributed by atoms with E-state index in [2.05, 4.69) is 49.3 Å². The van der Waals surface area contributed by atoms with Crippen molar-refractivity contribution in [2.75, 3.05) is 114 Å². The van der Waals surface area contributed by atoms with Gasteiger partial charge >= 0.3 is 5.51 Å². The molecule has 0 saturated carbocycles. The number of rotatable bonds is 18. The molecule has 1 spiro atoms. The van der Waals surface area contributed by atoms with Crippen molar-refractivity contribution < 1.29 is 39.5 Å². The molecule has 0 bridgehead atoms. The number of morpholine rings is 1. The number of hydrogen-bond donors (Lipinski definition) is 3. The maximum Gasteiger partial charge on any atom is 0.501 e. The average molecular weight is 1130 g/mol. The quantitative estimate of drug-likeness (QED) is 0.0816. The van der Waals surface area contributed by atoms with Crippen molar-refractivity contribution in [1.29, 1.82) is 0 Å². The second-order valence-electron chi connectivity index (χ2n) is 21.7. The Morgan fingerprint density at radius 3 is 2.16 bits per heavy atom. The first-order valence-corrected chi connectivity index (χ1v) is 30.9. The Kier molecular flexibility index (Phi) is 18.2. The van der Waals surface area contributed by atoms with Crippen molar-refractivity contribution in [3.8, 4) is 0 Å². The van der Waals surface area contributed by atoms with Crippen molar-refractivity contribution in [2.45, 2.75) is 84.5 Å². The highest BCUT2D eigenvalue weighted by molar-refractivity contribution is 7.99. The molecular weight excluding hydrogens is 1060 g/mol. The first-order chi connectivity index (χ1) is 36.4. The summed E-state index contributed by atoms with van der Waals surface area (Å²) in [6.07, 6.45) is 8.81. The average Bonchev–Trinajstić information content (AvgIpc) is 3.44. The molecule has 1 amide bonds. The zero-order valence-corrected chi connectivity index (χ0v) is 46.5. The summed E-state index contributed by atoms with van der Waals surface area (Å²) in [6.45, 7) is 15.2. The first-order valence-electron chi connectivity index (χ1n) is 26.6. The Morgan fingerprint density at radius 1 is 0.803 bits per heavy atom. The van der Waals surface area contributed by atoms with E-state index in [1.807, 2.05) is 47.2 Å². The zero-order chi connectivity index (χ0) is 53.6. The summed E-state index contributed by atoms with van der Waals surface area (Å²) < 4.78 is 104. The van der Waals surface area contributed by atoms with Crippen LogP contribution < -0.4 is 20.3 Å². The van der Waals surface area contributed by atoms with Gasteiger partial charge in [-0.25, -0.2) is 21.6 Å². The van der Waals surface area contributed by atoms with E-state index in [1.165, 1.54) is 79.4 Å². The number of carbonyl (C=O) groups excluding carboxylic acids is 1. The van der Waals surface area contributed by atoms with E-state index in [0.717, 1.165) is 99.4 Å². The summed E-state index contributed by atoms with van der Waals surface area (Å²) in [4.78, 5) is 22.0. The number of alkyl halides is 3. The third-order valence-corrected chi connectivity index (χ3v) is 20.5. The maximum absolute atomic E-state index is 14.3. The van der Waals surface area contributed by atoms with Crippen LogP contribution in [0, 0.1) is 10.8 Å². The van der Waals surface area contributed by atoms with Crippen molar-refractivity contribution >= 4 is 66.1 Å². The van der Waals surface area contributed by atoms with E-state index in [4.69, 9.17) is 16.3 Å². The minimum atomic E-state index is -6.07. The van der Waals surface area contributed by atoms with Crippen LogP contribution in [0.4, 0.5) is 24.5 Å². The standard InChI is InChI=1S/C56H71ClF3N7O6S3/c1-54(41-66-27-22-55(23-28-66)20-24-61-25-21-55)19-17-50(42-7-11-45(57)12-8-42)44(38-54)39-65-29-31-67(32-30-65)47-13-9-43(10-14-47)53(68)63-76(71,72)49-15-16-51(52(37-49)75(69,70)56(58,59)60)62-46(18-26-64-33-35-73-36-34-64)40-74-48-5-3-2-4-6-48/h2-16,37,46,61-62H,17-36,38-41H2,1H3,(H,63,68)/t46-,54?/m1/s1. The highest BCUT2D eigenvalue weighted by Gasteiger charge is 2.49. The lowest BCUT2D eigenvalue weighted by molar-refractivity contribution is -0.0435. The topological polar surface area (TPSA) is 144 Å². The van der Waals surface area contributed by atoms with Gasteiger partial charge in [0.15, 0.2) is 0 Å². The van der Waals surface area contributed by atoms with Crippen molar-refractivity contribution in [3.05, 3.63) is 119 Å². The minimum Gasteiger partial charge on any atom is -0.380 e. The number of carbonyl (C=O) groups is 1. The second-order valence-corrected chi connectivity index (χ2v) is 26.8. The van der Waals surface area contributed by atoms with Crippen LogP contribution in [0.1, 0.15) is 74.2 Å². The molecule has 4 fully saturated rings. The molecule has 1 unspecified atom stereocenters. The van der Waals surface area contributed by atoms with Crippen molar-refractivity contribution in [2.24, 2.45) is 10.8 Å². The molecule has 76 heavy (non-hydrogen) atoms. The Balaban J connectivity index is 0.835. The van der Waals surface area contributed by atoms with Crippen LogP contribution in [-0.2, 0) is 24.6 Å². The molecule has 20 heteroatoms. The molecule has 13 nitrogen and oxygen atoms in total. The lowest BCUT2D eigenvalue weighted by atomic mass is 9.69. The molecule has 1 aliphatic carbocycles. The van der Waals surface area contributed by atoms with E-state index in [0.29, 0.717) is 56.5 Å². The maximum atomic E-state index is 14.3. The van der Waals surface area contributed by atoms with Crippen LogP contribution in [0.3, 0.4) is 0 Å². The molecule has 2 atom stereocenters. The largest absolute Gasteiger partial charge is 0.501 e. The first kappa shape index (κ1) is 56.5. The van der Waals surface area contributed by atoms with Gasteiger partial charge in [0.2, 0.25) is 0 Å². The Bertz CT molecular complexity index is 2870. The van der Waals surface area contributed by atoms with Gasteiger partial charge in [-0.15, -0.1) is 11.8 Å². The molecule has 0 aromatic heterocycles. The number of ether oxygens (including phenoxy) is 1. The number of thioether (sulfide) groups is 1. The van der Waals surface area contributed by atoms with E-state index >= 15 is 0 Å². The van der Waals surface area contributed by atoms with Gasteiger partial charge in [0.1, 0.15) is 4.90 Å². The number of anilines is 2. The smallest absolute Gasteiger partial charge is 0.380 e. The van der Waals surface area contributed by atoms with E-state index in [1.54, 1.807) is 12.1 Å². The predicted molar refractivity (Wildman–Crippen MR) is 296 cm³/mol. The summed E-state index contributed by atoms with van der Waals surface area (Å²) in [5.41, 5.74) is -0.440. The van der Waals surface area contributed by atoms with Crippen LogP contribution in [-0.4, -0.2) is 153 Å². The van der Waals surface area contributed by atoms with Crippen LogP contribution >= 0.6 is 23.4 Å². The fraction of sp³-hybridized carbons (Fsp3) is 0.518. The van der Waals surface area contributed by atoms with Crippen LogP contribution in [0.25, 0.3) is 5.57 Å². The monoisotopic (exact) mass is 1130 g/mol. The number of piperidine rings is 2. The highest BCUT2D eigenvalue weighted by atomic mass is 35.5. The van der Waals surface area contributed by atoms with E-state index < -0.39 is 52.8 Å². The van der Waals surface area contributed by atoms with Gasteiger partial charge in [0, 0.05) is 91.9 Å². The lowest BCUT2D eigenvalue weighted by Gasteiger charge is -2.48. The van der Waals surface area contributed by atoms with Gasteiger partial charge in [0.25, 0.3) is 25.8 Å². The van der Waals surface area contributed by atoms with Gasteiger partial charge in [0.05, 0.1) is 23.8 Å². The molecule has 5 aliphatic rings. The number of piperazine rings is 1. The van der Waals surface area contributed by atoms with Gasteiger partial charge in [-0.2, -0.15) is 13.2 Å². The fourth-order valence-electron chi connectivity index (χ4n) is 11.7. The molecule has 4 aliphatic heterocycles. The number of hydrogen-bond acceptors (Lipinski definition) is 13. The number of nitrogens with one attached hydrogen (secondary N) is 3. The second kappa shape index (κ2) is 24.5. The summed E-state index contributed by atoms with van der Waals surface area (Å²) in [5.74, 6) is -0.649. The molecule has 4 heterocycles. The molecule has 4 saturated heterocycles. The third-order valence-electron chi connectivity index (χ3n) is 16.2. The van der Waals surface area contributed by atoms with Gasteiger partial charge in [-0.1, -0.05) is 54.4 Å². The number of likely N-dealkylation sites (tertiary alicyclic amines) is 1. The molecule has 4 aromatic rings. The molecular formula is C56H71ClF3N7O6S3. The number of sulfone groups is 1. The lowest BCUT2D eigenvalue weighted by Crippen LogP contribution is -2.49. The molecule has 9 rings (SSSR count). The number of nitrogens with zero attached hydrogens (tertiary/aromatic N) is 4. The Morgan fingerprint density at radius 2 is 1.49 bits per heavy atom. The summed E-state index contributed by atoms with van der Waals surface area (Å²) in [6, 6.07) is 26.1. The van der Waals surface area contributed by atoms with Crippen LogP contribution in [0.15, 0.2) is 117 Å². The van der Waals surface area contributed by atoms with E-state index in [-0.39, 0.29) is 11.0 Å². The molecule has 3 N–H and O–H groups in total. The SMILES string of the molecule is CC1(CN2CCC3(CCNCC3)CC2)CCC(c2ccc(Cl)cc2)=C(CN2CCN(c3ccc(C(=O)NS(=O)(=O)c4ccc(N[C@H](CCN5CCOCC5)CSc5ccccc5)c(S(=O)(=O)C(F)(F)F)c4)cc3)CC2)C1. The van der Waals surface area contributed by atoms with Crippen molar-refractivity contribution in [1.82, 2.24) is 24.7 Å². The Hall–Kier alpha value is -4.18. The number of allylic oxidation sites excluding steroid dienone is 1. The highest BCUT2D eigenvalue weighted by Crippen LogP contribution is 2.46. The zero-order valence-electron chi connectivity index (χ0n) is 43.3. The molecule has 4 aromatic carbocycles. The summed E-state index contributed by atoms with van der Waals surface area (Å²) >= 11 is 7.79. The number of benzene rings is 4. The summed E-state index contributed by atoms with van der Waals surface area (Å²) in [7, 11) is -10.9. The van der Waals surface area contributed by atoms with Gasteiger partial charge in [-0.3, -0.25) is 14.6 Å². The minimum absolute atomic E-state index is 0.00349. The number of sulfonamides is 1.